The Morgan fingerprint density at radius 2 is 1.61 bits per heavy atom. The lowest BCUT2D eigenvalue weighted by Gasteiger charge is -2.51. The Balaban J connectivity index is 1.19. The molecule has 3 atom stereocenters. The number of rotatable bonds is 4. The molecule has 7 rings (SSSR count). The second-order valence-corrected chi connectivity index (χ2v) is 14.2. The highest BCUT2D eigenvalue weighted by atomic mass is 28.3. The maximum atomic E-state index is 9.43. The molecule has 3 unspecified atom stereocenters. The normalized spacial score (nSPS) is 23.8. The smallest absolute Gasteiger partial charge is 0.129 e. The van der Waals surface area contributed by atoms with E-state index in [0.29, 0.717) is 17.6 Å². The van der Waals surface area contributed by atoms with Crippen LogP contribution < -0.4 is 15.3 Å². The van der Waals surface area contributed by atoms with Gasteiger partial charge >= 0.3 is 0 Å². The number of hydrogen-bond donors (Lipinski definition) is 0. The van der Waals surface area contributed by atoms with E-state index >= 15 is 0 Å². The highest BCUT2D eigenvalue weighted by Crippen LogP contribution is 2.43. The van der Waals surface area contributed by atoms with Crippen molar-refractivity contribution in [1.82, 2.24) is 0 Å². The molecule has 1 radical (unpaired) electrons. The van der Waals surface area contributed by atoms with E-state index in [1.165, 1.54) is 36.1 Å². The first-order chi connectivity index (χ1) is 20.3. The number of para-hydroxylation sites is 1. The van der Waals surface area contributed by atoms with E-state index in [9.17, 15) is 5.26 Å². The van der Waals surface area contributed by atoms with Crippen molar-refractivity contribution in [2.45, 2.75) is 56.1 Å². The molecule has 1 heterocycles. The van der Waals surface area contributed by atoms with Crippen LogP contribution in [0.5, 0.6) is 0 Å². The van der Waals surface area contributed by atoms with Crippen LogP contribution in [0.15, 0.2) is 127 Å². The van der Waals surface area contributed by atoms with Crippen molar-refractivity contribution >= 4 is 36.0 Å². The average Bonchev–Trinajstić information content (AvgIpc) is 3.30. The van der Waals surface area contributed by atoms with Gasteiger partial charge < -0.3 is 4.90 Å². The quantitative estimate of drug-likeness (QED) is 0.248. The molecular formula is C38H35N2Si. The zero-order valence-electron chi connectivity index (χ0n) is 23.4. The van der Waals surface area contributed by atoms with Crippen molar-refractivity contribution in [3.8, 4) is 6.07 Å². The van der Waals surface area contributed by atoms with E-state index in [1.54, 1.807) is 10.4 Å². The Hall–Kier alpha value is -4.13. The topological polar surface area (TPSA) is 27.0 Å². The first kappa shape index (κ1) is 25.8. The highest BCUT2D eigenvalue weighted by molar-refractivity contribution is 6.88. The van der Waals surface area contributed by atoms with Gasteiger partial charge in [0.1, 0.15) is 8.80 Å². The van der Waals surface area contributed by atoms with E-state index in [0.717, 1.165) is 36.0 Å². The summed E-state index contributed by atoms with van der Waals surface area (Å²) in [5.41, 5.74) is 7.94. The molecule has 3 aromatic carbocycles. The fourth-order valence-corrected chi connectivity index (χ4v) is 10.8. The third-order valence-electron chi connectivity index (χ3n) is 9.18. The van der Waals surface area contributed by atoms with Crippen molar-refractivity contribution in [2.75, 3.05) is 4.90 Å². The minimum atomic E-state index is -0.882. The molecule has 3 heteroatoms. The first-order valence-electron chi connectivity index (χ1n) is 15.0. The van der Waals surface area contributed by atoms with E-state index in [4.69, 9.17) is 0 Å². The Kier molecular flexibility index (Phi) is 7.17. The van der Waals surface area contributed by atoms with Gasteiger partial charge in [0, 0.05) is 23.3 Å². The molecular weight excluding hydrogens is 513 g/mol. The summed E-state index contributed by atoms with van der Waals surface area (Å²) in [6.45, 7) is 0. The van der Waals surface area contributed by atoms with Crippen LogP contribution in [0.2, 0.25) is 5.54 Å². The summed E-state index contributed by atoms with van der Waals surface area (Å²) in [7, 11) is -0.882. The molecule has 3 aromatic rings. The van der Waals surface area contributed by atoms with Crippen LogP contribution >= 0.6 is 0 Å². The average molecular weight is 548 g/mol. The molecule has 0 saturated heterocycles. The number of nitrogens with zero attached hydrogens (tertiary/aromatic N) is 2. The Morgan fingerprint density at radius 1 is 0.805 bits per heavy atom. The van der Waals surface area contributed by atoms with Gasteiger partial charge in [-0.15, -0.1) is 0 Å². The molecule has 3 aliphatic carbocycles. The monoisotopic (exact) mass is 547 g/mol. The Morgan fingerprint density at radius 3 is 2.46 bits per heavy atom. The van der Waals surface area contributed by atoms with Crippen molar-refractivity contribution < 1.29 is 0 Å². The van der Waals surface area contributed by atoms with Crippen molar-refractivity contribution in [3.63, 3.8) is 0 Å². The zero-order chi connectivity index (χ0) is 27.6. The largest absolute Gasteiger partial charge is 0.362 e. The van der Waals surface area contributed by atoms with Gasteiger partial charge in [0.15, 0.2) is 0 Å². The number of nitriles is 1. The summed E-state index contributed by atoms with van der Waals surface area (Å²) in [5.74, 6) is 0. The van der Waals surface area contributed by atoms with E-state index in [-0.39, 0.29) is 0 Å². The summed E-state index contributed by atoms with van der Waals surface area (Å²) in [5, 5.41) is 12.6. The number of fused-ring (bicyclic) bond motifs is 2. The molecule has 1 aliphatic heterocycles. The van der Waals surface area contributed by atoms with E-state index in [1.807, 2.05) is 12.2 Å². The highest BCUT2D eigenvalue weighted by Gasteiger charge is 2.44. The van der Waals surface area contributed by atoms with Gasteiger partial charge in [-0.3, -0.25) is 0 Å². The summed E-state index contributed by atoms with van der Waals surface area (Å²) < 4.78 is 0. The van der Waals surface area contributed by atoms with Gasteiger partial charge in [-0.2, -0.15) is 5.26 Å². The number of allylic oxidation sites excluding steroid dienone is 8. The van der Waals surface area contributed by atoms with Gasteiger partial charge in [-0.1, -0.05) is 114 Å². The summed E-state index contributed by atoms with van der Waals surface area (Å²) in [6, 6.07) is 32.9. The van der Waals surface area contributed by atoms with Crippen LogP contribution in [0.25, 0.3) is 11.1 Å². The molecule has 0 N–H and O–H groups in total. The fourth-order valence-electron chi connectivity index (χ4n) is 7.29. The lowest BCUT2D eigenvalue weighted by molar-refractivity contribution is 0.479. The Labute approximate surface area is 246 Å². The zero-order valence-corrected chi connectivity index (χ0v) is 24.4. The third-order valence-corrected chi connectivity index (χ3v) is 12.5. The number of benzene rings is 3. The summed E-state index contributed by atoms with van der Waals surface area (Å²) in [6.07, 6.45) is 22.4. The third kappa shape index (κ3) is 4.98. The van der Waals surface area contributed by atoms with Crippen LogP contribution in [0.1, 0.15) is 49.7 Å². The van der Waals surface area contributed by atoms with Crippen molar-refractivity contribution in [2.24, 2.45) is 0 Å². The van der Waals surface area contributed by atoms with Crippen LogP contribution in [-0.2, 0) is 0 Å². The minimum absolute atomic E-state index is 0.468. The maximum Gasteiger partial charge on any atom is 0.129 e. The lowest BCUT2D eigenvalue weighted by Crippen LogP contribution is -2.62. The molecule has 0 bridgehead atoms. The molecule has 2 nitrogen and oxygen atoms in total. The second-order valence-electron chi connectivity index (χ2n) is 11.6. The van der Waals surface area contributed by atoms with Gasteiger partial charge in [0.2, 0.25) is 0 Å². The van der Waals surface area contributed by atoms with Gasteiger partial charge in [0.25, 0.3) is 0 Å². The predicted molar refractivity (Wildman–Crippen MR) is 174 cm³/mol. The Bertz CT molecular complexity index is 1620. The molecule has 201 valence electrons. The molecule has 0 aromatic heterocycles. The van der Waals surface area contributed by atoms with Crippen LogP contribution in [0, 0.1) is 11.3 Å². The van der Waals surface area contributed by atoms with E-state index < -0.39 is 8.80 Å². The van der Waals surface area contributed by atoms with E-state index in [2.05, 4.69) is 120 Å². The van der Waals surface area contributed by atoms with Gasteiger partial charge in [-0.05, 0) is 83.7 Å². The number of anilines is 1. The molecule has 0 saturated carbocycles. The SMILES string of the molecule is N#CC1=CCC=CC(c2ccc(C3=CCCC(N4c5ccccc5[Si](c5ccccc5)C5CCC=CC54)C3)cc2)=C1. The summed E-state index contributed by atoms with van der Waals surface area (Å²) in [4.78, 5) is 2.82. The second kappa shape index (κ2) is 11.4. The first-order valence-corrected chi connectivity index (χ1v) is 16.6. The summed E-state index contributed by atoms with van der Waals surface area (Å²) >= 11 is 0. The number of hydrogen-bond acceptors (Lipinski definition) is 2. The molecule has 0 fully saturated rings. The molecule has 0 spiro atoms. The fraction of sp³-hybridized carbons (Fsp3) is 0.237. The van der Waals surface area contributed by atoms with Gasteiger partial charge in [0.05, 0.1) is 6.07 Å². The van der Waals surface area contributed by atoms with Crippen molar-refractivity contribution in [3.05, 3.63) is 138 Å². The molecule has 0 amide bonds. The predicted octanol–water partition coefficient (Wildman–Crippen LogP) is 7.63. The minimum Gasteiger partial charge on any atom is -0.362 e. The molecule has 41 heavy (non-hydrogen) atoms. The maximum absolute atomic E-state index is 9.43. The van der Waals surface area contributed by atoms with Crippen molar-refractivity contribution in [1.29, 1.82) is 5.26 Å². The van der Waals surface area contributed by atoms with Crippen LogP contribution in [0.3, 0.4) is 0 Å². The van der Waals surface area contributed by atoms with Crippen LogP contribution in [0.4, 0.5) is 5.69 Å². The van der Waals surface area contributed by atoms with Gasteiger partial charge in [-0.25, -0.2) is 0 Å². The molecule has 4 aliphatic rings. The standard InChI is InChI=1S/C38H35N2Si/c39-27-28-11-4-5-12-31(25-28)29-21-23-30(24-22-29)32-13-10-14-33(26-32)40-35-17-6-8-19-37(35)41(34-15-2-1-3-16-34)38-20-9-7-18-36(38)40/h1-3,5-8,11-13,15-19,21-25,33,36,38H,4,9-10,14,20,26H2. The lowest BCUT2D eigenvalue weighted by atomic mass is 9.86. The van der Waals surface area contributed by atoms with Crippen LogP contribution in [-0.4, -0.2) is 20.9 Å².